The lowest BCUT2D eigenvalue weighted by Gasteiger charge is -2.37. The Bertz CT molecular complexity index is 1090. The molecule has 2 aromatic rings. The molecule has 12 heteroatoms. The Morgan fingerprint density at radius 2 is 1.88 bits per heavy atom. The van der Waals surface area contributed by atoms with E-state index >= 15 is 0 Å². The van der Waals surface area contributed by atoms with E-state index < -0.39 is 6.10 Å². The molecule has 0 saturated carbocycles. The van der Waals surface area contributed by atoms with Crippen molar-refractivity contribution in [3.63, 3.8) is 0 Å². The van der Waals surface area contributed by atoms with Crippen LogP contribution in [0.15, 0.2) is 34.2 Å². The van der Waals surface area contributed by atoms with Gasteiger partial charge in [0.15, 0.2) is 16.7 Å². The van der Waals surface area contributed by atoms with Crippen LogP contribution in [-0.4, -0.2) is 93.7 Å². The van der Waals surface area contributed by atoms with Crippen LogP contribution >= 0.6 is 11.8 Å². The van der Waals surface area contributed by atoms with Gasteiger partial charge in [0.05, 0.1) is 18.4 Å². The van der Waals surface area contributed by atoms with E-state index in [0.29, 0.717) is 56.0 Å². The van der Waals surface area contributed by atoms with Crippen LogP contribution in [0.3, 0.4) is 0 Å². The van der Waals surface area contributed by atoms with E-state index in [2.05, 4.69) is 10.2 Å². The molecular weight excluding hydrogens is 462 g/mol. The highest BCUT2D eigenvalue weighted by Crippen LogP contribution is 2.31. The molecule has 0 bridgehead atoms. The molecule has 182 valence electrons. The predicted octanol–water partition coefficient (Wildman–Crippen LogP) is 0.353. The number of hydrogen-bond donors (Lipinski definition) is 1. The van der Waals surface area contributed by atoms with Crippen molar-refractivity contribution in [2.24, 2.45) is 0 Å². The topological polar surface area (TPSA) is 119 Å². The van der Waals surface area contributed by atoms with Crippen LogP contribution in [0.25, 0.3) is 0 Å². The molecule has 2 amide bonds. The summed E-state index contributed by atoms with van der Waals surface area (Å²) in [6.07, 6.45) is 1.21. The highest BCUT2D eigenvalue weighted by Gasteiger charge is 2.33. The highest BCUT2D eigenvalue weighted by atomic mass is 32.2. The van der Waals surface area contributed by atoms with Crippen molar-refractivity contribution in [2.75, 3.05) is 45.1 Å². The molecule has 4 heterocycles. The Balaban J connectivity index is 1.10. The maximum absolute atomic E-state index is 12.9. The number of nitrogens with one attached hydrogen (secondary N) is 1. The minimum Gasteiger partial charge on any atom is -0.485 e. The fourth-order valence-electron chi connectivity index (χ4n) is 4.31. The first-order valence-electron chi connectivity index (χ1n) is 11.4. The molecule has 2 saturated heterocycles. The number of rotatable bonds is 6. The number of carbonyl (C=O) groups is 2. The van der Waals surface area contributed by atoms with Crippen molar-refractivity contribution in [1.29, 1.82) is 0 Å². The van der Waals surface area contributed by atoms with Crippen molar-refractivity contribution < 1.29 is 23.8 Å². The van der Waals surface area contributed by atoms with Gasteiger partial charge in [-0.3, -0.25) is 14.2 Å². The third-order valence-corrected chi connectivity index (χ3v) is 7.15. The first-order valence-corrected chi connectivity index (χ1v) is 12.4. The number of aromatic amines is 1. The first kappa shape index (κ1) is 22.8. The van der Waals surface area contributed by atoms with Gasteiger partial charge in [-0.1, -0.05) is 23.9 Å². The molecule has 3 aliphatic rings. The van der Waals surface area contributed by atoms with Crippen LogP contribution < -0.4 is 15.2 Å². The third-order valence-electron chi connectivity index (χ3n) is 6.19. The Hall–Kier alpha value is -2.99. The Morgan fingerprint density at radius 1 is 1.12 bits per heavy atom. The first-order chi connectivity index (χ1) is 16.6. The zero-order chi connectivity index (χ0) is 23.5. The smallest absolute Gasteiger partial charge is 0.344 e. The monoisotopic (exact) mass is 489 g/mol. The Morgan fingerprint density at radius 3 is 2.65 bits per heavy atom. The number of amides is 2. The van der Waals surface area contributed by atoms with Gasteiger partial charge in [0, 0.05) is 32.8 Å². The number of benzene rings is 1. The summed E-state index contributed by atoms with van der Waals surface area (Å²) in [5, 5.41) is 7.01. The zero-order valence-corrected chi connectivity index (χ0v) is 19.5. The number of piperazine rings is 1. The van der Waals surface area contributed by atoms with Crippen molar-refractivity contribution in [2.45, 2.75) is 36.8 Å². The summed E-state index contributed by atoms with van der Waals surface area (Å²) in [6, 6.07) is 7.28. The van der Waals surface area contributed by atoms with Gasteiger partial charge in [-0.25, -0.2) is 9.89 Å². The maximum atomic E-state index is 12.9. The van der Waals surface area contributed by atoms with E-state index in [1.807, 2.05) is 18.2 Å². The second kappa shape index (κ2) is 10.1. The zero-order valence-electron chi connectivity index (χ0n) is 18.7. The standard InChI is InChI=1S/C22H27N5O6S/c28-19(14-34-22-24-23-21(30)27(22)12-15-4-3-11-31-15)25-7-9-26(10-8-25)20(29)18-13-32-16-5-1-2-6-17(16)33-18/h1-2,5-6,15,18H,3-4,7-14H2,(H,23,30). The van der Waals surface area contributed by atoms with E-state index in [9.17, 15) is 14.4 Å². The van der Waals surface area contributed by atoms with Gasteiger partial charge in [-0.15, -0.1) is 5.10 Å². The largest absolute Gasteiger partial charge is 0.485 e. The molecule has 1 aromatic heterocycles. The Kier molecular flexibility index (Phi) is 6.77. The van der Waals surface area contributed by atoms with Crippen LogP contribution in [0.5, 0.6) is 11.5 Å². The molecule has 2 fully saturated rings. The van der Waals surface area contributed by atoms with Crippen molar-refractivity contribution in [3.8, 4) is 11.5 Å². The summed E-state index contributed by atoms with van der Waals surface area (Å²) < 4.78 is 18.6. The minimum atomic E-state index is -0.687. The van der Waals surface area contributed by atoms with Crippen LogP contribution in [-0.2, 0) is 20.9 Å². The van der Waals surface area contributed by atoms with Crippen molar-refractivity contribution >= 4 is 23.6 Å². The number of fused-ring (bicyclic) bond motifs is 1. The van der Waals surface area contributed by atoms with Crippen molar-refractivity contribution in [3.05, 3.63) is 34.7 Å². The van der Waals surface area contributed by atoms with E-state index in [-0.39, 0.29) is 36.0 Å². The van der Waals surface area contributed by atoms with Gasteiger partial charge in [0.1, 0.15) is 6.61 Å². The number of hydrogen-bond acceptors (Lipinski definition) is 8. The molecule has 3 aliphatic heterocycles. The third kappa shape index (κ3) is 4.92. The van der Waals surface area contributed by atoms with E-state index in [0.717, 1.165) is 12.8 Å². The molecular formula is C22H27N5O6S. The fourth-order valence-corrected chi connectivity index (χ4v) is 5.16. The predicted molar refractivity (Wildman–Crippen MR) is 122 cm³/mol. The summed E-state index contributed by atoms with van der Waals surface area (Å²) in [5.41, 5.74) is -0.297. The summed E-state index contributed by atoms with van der Waals surface area (Å²) in [5.74, 6) is 1.18. The van der Waals surface area contributed by atoms with Gasteiger partial charge in [0.25, 0.3) is 5.91 Å². The van der Waals surface area contributed by atoms with Gasteiger partial charge in [0.2, 0.25) is 12.0 Å². The van der Waals surface area contributed by atoms with Gasteiger partial charge >= 0.3 is 5.69 Å². The lowest BCUT2D eigenvalue weighted by atomic mass is 10.2. The maximum Gasteiger partial charge on any atom is 0.344 e. The second-order valence-electron chi connectivity index (χ2n) is 8.42. The number of thioether (sulfide) groups is 1. The quantitative estimate of drug-likeness (QED) is 0.578. The number of carbonyl (C=O) groups excluding carboxylic acids is 2. The number of aromatic nitrogens is 3. The number of H-pyrrole nitrogens is 1. The molecule has 1 aromatic carbocycles. The number of ether oxygens (including phenoxy) is 3. The summed E-state index contributed by atoms with van der Waals surface area (Å²) in [6.45, 7) is 3.07. The summed E-state index contributed by atoms with van der Waals surface area (Å²) >= 11 is 1.23. The molecule has 2 atom stereocenters. The SMILES string of the molecule is O=C(CSc1n[nH]c(=O)n1CC1CCCO1)N1CCN(C(=O)C2COc3ccccc3O2)CC1. The lowest BCUT2D eigenvalue weighted by molar-refractivity contribution is -0.145. The molecule has 11 nitrogen and oxygen atoms in total. The van der Waals surface area contributed by atoms with Crippen LogP contribution in [0.1, 0.15) is 12.8 Å². The molecule has 5 rings (SSSR count). The molecule has 34 heavy (non-hydrogen) atoms. The van der Waals surface area contributed by atoms with Crippen LogP contribution in [0, 0.1) is 0 Å². The molecule has 0 aliphatic carbocycles. The lowest BCUT2D eigenvalue weighted by Crippen LogP contribution is -2.55. The second-order valence-corrected chi connectivity index (χ2v) is 9.36. The minimum absolute atomic E-state index is 0.00277. The number of para-hydroxylation sites is 2. The highest BCUT2D eigenvalue weighted by molar-refractivity contribution is 7.99. The average Bonchev–Trinajstić information content (AvgIpc) is 3.52. The van der Waals surface area contributed by atoms with Gasteiger partial charge in [-0.2, -0.15) is 0 Å². The number of nitrogens with zero attached hydrogens (tertiary/aromatic N) is 4. The average molecular weight is 490 g/mol. The summed E-state index contributed by atoms with van der Waals surface area (Å²) in [4.78, 5) is 41.2. The van der Waals surface area contributed by atoms with E-state index in [4.69, 9.17) is 14.2 Å². The summed E-state index contributed by atoms with van der Waals surface area (Å²) in [7, 11) is 0. The van der Waals surface area contributed by atoms with Gasteiger partial charge in [-0.05, 0) is 25.0 Å². The fraction of sp³-hybridized carbons (Fsp3) is 0.545. The van der Waals surface area contributed by atoms with Crippen LogP contribution in [0.4, 0.5) is 0 Å². The van der Waals surface area contributed by atoms with E-state index in [1.54, 1.807) is 15.9 Å². The van der Waals surface area contributed by atoms with Crippen LogP contribution in [0.2, 0.25) is 0 Å². The molecule has 0 spiro atoms. The molecule has 0 radical (unpaired) electrons. The molecule has 1 N–H and O–H groups in total. The normalized spacial score (nSPS) is 22.1. The Labute approximate surface area is 200 Å². The van der Waals surface area contributed by atoms with Gasteiger partial charge < -0.3 is 24.0 Å². The van der Waals surface area contributed by atoms with E-state index in [1.165, 1.54) is 16.3 Å². The van der Waals surface area contributed by atoms with Crippen molar-refractivity contribution in [1.82, 2.24) is 24.6 Å². The molecule has 2 unspecified atom stereocenters.